The van der Waals surface area contributed by atoms with Gasteiger partial charge >= 0.3 is 0 Å². The number of halogens is 1. The highest BCUT2D eigenvalue weighted by atomic mass is 32.2. The zero-order valence-corrected chi connectivity index (χ0v) is 15.8. The number of likely N-dealkylation sites (tertiary alicyclic amines) is 2. The van der Waals surface area contributed by atoms with Gasteiger partial charge in [-0.1, -0.05) is 12.1 Å². The number of nitrogens with zero attached hydrogens (tertiary/aromatic N) is 2. The van der Waals surface area contributed by atoms with E-state index in [1.807, 2.05) is 29.7 Å². The van der Waals surface area contributed by atoms with Crippen LogP contribution in [0.4, 0.5) is 4.39 Å². The van der Waals surface area contributed by atoms with E-state index in [2.05, 4.69) is 11.2 Å². The van der Waals surface area contributed by atoms with Crippen molar-refractivity contribution in [3.05, 3.63) is 35.6 Å². The fourth-order valence-electron chi connectivity index (χ4n) is 4.19. The van der Waals surface area contributed by atoms with Crippen LogP contribution in [0.3, 0.4) is 0 Å². The molecule has 6 heteroatoms. The van der Waals surface area contributed by atoms with E-state index < -0.39 is 0 Å². The Kier molecular flexibility index (Phi) is 6.36. The lowest BCUT2D eigenvalue weighted by Gasteiger charge is -2.30. The number of rotatable bonds is 7. The third-order valence-electron chi connectivity index (χ3n) is 5.29. The van der Waals surface area contributed by atoms with Crippen molar-refractivity contribution in [3.63, 3.8) is 0 Å². The Morgan fingerprint density at radius 2 is 2.20 bits per heavy atom. The maximum atomic E-state index is 13.8. The second-order valence-corrected chi connectivity index (χ2v) is 7.84. The van der Waals surface area contributed by atoms with Gasteiger partial charge in [0, 0.05) is 44.5 Å². The predicted molar refractivity (Wildman–Crippen MR) is 99.1 cm³/mol. The third kappa shape index (κ3) is 4.18. The zero-order chi connectivity index (χ0) is 17.8. The number of amides is 1. The molecule has 25 heavy (non-hydrogen) atoms. The summed E-state index contributed by atoms with van der Waals surface area (Å²) in [5, 5.41) is 0. The van der Waals surface area contributed by atoms with Crippen molar-refractivity contribution in [1.82, 2.24) is 9.80 Å². The first-order valence-electron chi connectivity index (χ1n) is 8.98. The molecule has 1 aromatic rings. The normalized spacial score (nSPS) is 26.2. The molecule has 0 aromatic heterocycles. The van der Waals surface area contributed by atoms with Crippen LogP contribution in [-0.4, -0.2) is 67.1 Å². The van der Waals surface area contributed by atoms with Gasteiger partial charge in [-0.2, -0.15) is 11.8 Å². The third-order valence-corrected chi connectivity index (χ3v) is 5.88. The SMILES string of the molecule is CCOCC(=O)N1C[C@@H]2CN(CCSC)C[C@@H]2[C@H]1c1cccc(F)c1. The average molecular weight is 367 g/mol. The molecule has 2 saturated heterocycles. The standard InChI is InChI=1S/C19H27FN2O2S/c1-3-24-13-18(23)22-11-15-10-21(7-8-25-2)12-17(15)19(22)14-5-4-6-16(20)9-14/h4-6,9,15,17,19H,3,7-8,10-13H2,1-2H3/t15-,17-,19+/m0/s1. The molecular formula is C19H27FN2O2S. The van der Waals surface area contributed by atoms with Crippen molar-refractivity contribution in [2.45, 2.75) is 13.0 Å². The van der Waals surface area contributed by atoms with Crippen LogP contribution in [-0.2, 0) is 9.53 Å². The summed E-state index contributed by atoms with van der Waals surface area (Å²) in [5.74, 6) is 1.73. The van der Waals surface area contributed by atoms with Crippen LogP contribution in [0.1, 0.15) is 18.5 Å². The van der Waals surface area contributed by atoms with Crippen LogP contribution in [0, 0.1) is 17.7 Å². The number of thioether (sulfide) groups is 1. The number of hydrogen-bond donors (Lipinski definition) is 0. The highest BCUT2D eigenvalue weighted by Crippen LogP contribution is 2.45. The lowest BCUT2D eigenvalue weighted by atomic mass is 9.89. The average Bonchev–Trinajstić information content (AvgIpc) is 3.14. The number of hydrogen-bond acceptors (Lipinski definition) is 4. The van der Waals surface area contributed by atoms with Crippen molar-refractivity contribution in [2.24, 2.45) is 11.8 Å². The molecule has 1 aromatic carbocycles. The Balaban J connectivity index is 1.80. The minimum absolute atomic E-state index is 0.0150. The monoisotopic (exact) mass is 366 g/mol. The minimum Gasteiger partial charge on any atom is -0.372 e. The van der Waals surface area contributed by atoms with E-state index >= 15 is 0 Å². The van der Waals surface area contributed by atoms with Gasteiger partial charge in [0.25, 0.3) is 0 Å². The molecule has 0 bridgehead atoms. The molecule has 2 fully saturated rings. The van der Waals surface area contributed by atoms with Crippen LogP contribution < -0.4 is 0 Å². The van der Waals surface area contributed by atoms with Crippen molar-refractivity contribution < 1.29 is 13.9 Å². The molecule has 2 heterocycles. The molecule has 4 nitrogen and oxygen atoms in total. The van der Waals surface area contributed by atoms with Crippen LogP contribution >= 0.6 is 11.8 Å². The molecule has 3 atom stereocenters. The predicted octanol–water partition coefficient (Wildman–Crippen LogP) is 2.66. The van der Waals surface area contributed by atoms with Crippen molar-refractivity contribution in [3.8, 4) is 0 Å². The van der Waals surface area contributed by atoms with E-state index in [4.69, 9.17) is 4.74 Å². The first-order chi connectivity index (χ1) is 12.1. The maximum Gasteiger partial charge on any atom is 0.249 e. The van der Waals surface area contributed by atoms with Gasteiger partial charge in [0.05, 0.1) is 6.04 Å². The summed E-state index contributed by atoms with van der Waals surface area (Å²) < 4.78 is 19.1. The van der Waals surface area contributed by atoms with Crippen LogP contribution in [0.25, 0.3) is 0 Å². The minimum atomic E-state index is -0.240. The van der Waals surface area contributed by atoms with E-state index in [-0.39, 0.29) is 24.4 Å². The second kappa shape index (κ2) is 8.52. The van der Waals surface area contributed by atoms with Crippen molar-refractivity contribution in [1.29, 1.82) is 0 Å². The molecule has 0 saturated carbocycles. The Labute approximate surface area is 153 Å². The summed E-state index contributed by atoms with van der Waals surface area (Å²) in [6, 6.07) is 6.68. The molecule has 2 aliphatic rings. The van der Waals surface area contributed by atoms with Gasteiger partial charge in [-0.05, 0) is 36.8 Å². The highest BCUT2D eigenvalue weighted by Gasteiger charge is 2.48. The fraction of sp³-hybridized carbons (Fsp3) is 0.632. The molecule has 1 amide bonds. The van der Waals surface area contributed by atoms with E-state index in [0.717, 1.165) is 37.5 Å². The topological polar surface area (TPSA) is 32.8 Å². The quantitative estimate of drug-likeness (QED) is 0.743. The highest BCUT2D eigenvalue weighted by molar-refractivity contribution is 7.98. The number of fused-ring (bicyclic) bond motifs is 1. The van der Waals surface area contributed by atoms with Crippen LogP contribution in [0.5, 0.6) is 0 Å². The van der Waals surface area contributed by atoms with Gasteiger partial charge in [-0.3, -0.25) is 4.79 Å². The van der Waals surface area contributed by atoms with Gasteiger partial charge < -0.3 is 14.5 Å². The van der Waals surface area contributed by atoms with Gasteiger partial charge in [0.15, 0.2) is 0 Å². The summed E-state index contributed by atoms with van der Waals surface area (Å²) >= 11 is 1.86. The molecule has 0 N–H and O–H groups in total. The first-order valence-corrected chi connectivity index (χ1v) is 10.4. The lowest BCUT2D eigenvalue weighted by Crippen LogP contribution is -2.38. The van der Waals surface area contributed by atoms with E-state index in [9.17, 15) is 9.18 Å². The number of carbonyl (C=O) groups excluding carboxylic acids is 1. The zero-order valence-electron chi connectivity index (χ0n) is 15.0. The lowest BCUT2D eigenvalue weighted by molar-refractivity contribution is -0.137. The Hall–Kier alpha value is -1.11. The summed E-state index contributed by atoms with van der Waals surface area (Å²) in [6.07, 6.45) is 2.13. The van der Waals surface area contributed by atoms with Crippen molar-refractivity contribution in [2.75, 3.05) is 51.4 Å². The number of carbonyl (C=O) groups is 1. The number of benzene rings is 1. The Morgan fingerprint density at radius 1 is 1.36 bits per heavy atom. The summed E-state index contributed by atoms with van der Waals surface area (Å²) in [6.45, 7) is 6.35. The summed E-state index contributed by atoms with van der Waals surface area (Å²) in [5.41, 5.74) is 0.907. The molecule has 0 unspecified atom stereocenters. The Morgan fingerprint density at radius 3 is 2.92 bits per heavy atom. The smallest absolute Gasteiger partial charge is 0.249 e. The maximum absolute atomic E-state index is 13.8. The number of ether oxygens (including phenoxy) is 1. The first kappa shape index (κ1) is 18.7. The Bertz CT molecular complexity index is 601. The van der Waals surface area contributed by atoms with E-state index in [1.54, 1.807) is 12.1 Å². The van der Waals surface area contributed by atoms with Gasteiger partial charge in [-0.25, -0.2) is 4.39 Å². The molecule has 2 aliphatic heterocycles. The molecule has 0 radical (unpaired) electrons. The van der Waals surface area contributed by atoms with Crippen LogP contribution in [0.15, 0.2) is 24.3 Å². The summed E-state index contributed by atoms with van der Waals surface area (Å²) in [4.78, 5) is 17.1. The molecule has 138 valence electrons. The van der Waals surface area contributed by atoms with Crippen LogP contribution in [0.2, 0.25) is 0 Å². The van der Waals surface area contributed by atoms with Gasteiger partial charge in [0.2, 0.25) is 5.91 Å². The fourth-order valence-corrected chi connectivity index (χ4v) is 4.63. The van der Waals surface area contributed by atoms with E-state index in [0.29, 0.717) is 18.4 Å². The molecule has 0 spiro atoms. The largest absolute Gasteiger partial charge is 0.372 e. The molecule has 3 rings (SSSR count). The van der Waals surface area contributed by atoms with Gasteiger partial charge in [0.1, 0.15) is 12.4 Å². The second-order valence-electron chi connectivity index (χ2n) is 6.86. The van der Waals surface area contributed by atoms with Gasteiger partial charge in [-0.15, -0.1) is 0 Å². The molecule has 0 aliphatic carbocycles. The van der Waals surface area contributed by atoms with Crippen molar-refractivity contribution >= 4 is 17.7 Å². The van der Waals surface area contributed by atoms with E-state index in [1.165, 1.54) is 6.07 Å². The summed E-state index contributed by atoms with van der Waals surface area (Å²) in [7, 11) is 0. The molecular weight excluding hydrogens is 339 g/mol.